The van der Waals surface area contributed by atoms with E-state index in [1.165, 1.54) is 37.6 Å². The molecule has 0 saturated carbocycles. The molecule has 1 atom stereocenters. The molecular formula is C23H24F4N2O2. The SMILES string of the molecule is COc1ccc(F)cc1C(C)(C)CC(Cc1ccnc2ccccc12)(NO)C(F)(F)F. The zero-order chi connectivity index (χ0) is 22.9. The van der Waals surface area contributed by atoms with Gasteiger partial charge >= 0.3 is 6.18 Å². The molecule has 0 aliphatic carbocycles. The van der Waals surface area contributed by atoms with Crippen LogP contribution in [0, 0.1) is 5.82 Å². The van der Waals surface area contributed by atoms with Crippen LogP contribution >= 0.6 is 0 Å². The maximum atomic E-state index is 14.4. The predicted octanol–water partition coefficient (Wildman–Crippen LogP) is 5.57. The number of fused-ring (bicyclic) bond motifs is 1. The van der Waals surface area contributed by atoms with Crippen LogP contribution < -0.4 is 10.2 Å². The van der Waals surface area contributed by atoms with Crippen molar-refractivity contribution in [3.63, 3.8) is 0 Å². The number of aromatic nitrogens is 1. The zero-order valence-corrected chi connectivity index (χ0v) is 17.4. The first-order valence-corrected chi connectivity index (χ1v) is 9.68. The summed E-state index contributed by atoms with van der Waals surface area (Å²) in [7, 11) is 1.37. The maximum absolute atomic E-state index is 14.4. The van der Waals surface area contributed by atoms with Gasteiger partial charge in [-0.2, -0.15) is 18.7 Å². The van der Waals surface area contributed by atoms with Gasteiger partial charge in [0.05, 0.1) is 12.6 Å². The van der Waals surface area contributed by atoms with Crippen molar-refractivity contribution < 1.29 is 27.5 Å². The minimum absolute atomic E-state index is 0.273. The number of para-hydroxylation sites is 1. The summed E-state index contributed by atoms with van der Waals surface area (Å²) in [6.07, 6.45) is -4.49. The summed E-state index contributed by atoms with van der Waals surface area (Å²) in [5.41, 5.74) is -1.12. The smallest absolute Gasteiger partial charge is 0.409 e. The van der Waals surface area contributed by atoms with Crippen LogP contribution in [-0.2, 0) is 11.8 Å². The van der Waals surface area contributed by atoms with E-state index < -0.39 is 35.8 Å². The minimum Gasteiger partial charge on any atom is -0.496 e. The molecule has 0 amide bonds. The number of nitrogens with one attached hydrogen (secondary N) is 1. The molecule has 0 spiro atoms. The number of hydrogen-bond acceptors (Lipinski definition) is 4. The number of methoxy groups -OCH3 is 1. The summed E-state index contributed by atoms with van der Waals surface area (Å²) in [6.45, 7) is 3.12. The molecule has 1 heterocycles. The van der Waals surface area contributed by atoms with Gasteiger partial charge < -0.3 is 9.94 Å². The average Bonchev–Trinajstić information content (AvgIpc) is 2.72. The third-order valence-electron chi connectivity index (χ3n) is 5.62. The second kappa shape index (κ2) is 8.43. The Morgan fingerprint density at radius 2 is 1.77 bits per heavy atom. The van der Waals surface area contributed by atoms with E-state index in [-0.39, 0.29) is 11.3 Å². The van der Waals surface area contributed by atoms with E-state index in [4.69, 9.17) is 4.74 Å². The summed E-state index contributed by atoms with van der Waals surface area (Å²) in [5.74, 6) is -0.312. The molecular weight excluding hydrogens is 412 g/mol. The van der Waals surface area contributed by atoms with Gasteiger partial charge in [-0.15, -0.1) is 0 Å². The summed E-state index contributed by atoms with van der Waals surface area (Å²) in [4.78, 5) is 4.19. The Hall–Kier alpha value is -2.71. The lowest BCUT2D eigenvalue weighted by Gasteiger charge is -2.41. The molecule has 4 nitrogen and oxygen atoms in total. The number of nitrogens with zero attached hydrogens (tertiary/aromatic N) is 1. The molecule has 0 radical (unpaired) electrons. The van der Waals surface area contributed by atoms with Crippen molar-refractivity contribution in [1.82, 2.24) is 10.5 Å². The Morgan fingerprint density at radius 1 is 1.06 bits per heavy atom. The summed E-state index contributed by atoms with van der Waals surface area (Å²) < 4.78 is 62.5. The molecule has 8 heteroatoms. The van der Waals surface area contributed by atoms with Crippen molar-refractivity contribution >= 4 is 10.9 Å². The van der Waals surface area contributed by atoms with Gasteiger partial charge in [-0.3, -0.25) is 4.98 Å². The van der Waals surface area contributed by atoms with Crippen LogP contribution in [0.25, 0.3) is 10.9 Å². The molecule has 0 bridgehead atoms. The number of alkyl halides is 3. The van der Waals surface area contributed by atoms with Crippen molar-refractivity contribution in [3.8, 4) is 5.75 Å². The lowest BCUT2D eigenvalue weighted by molar-refractivity contribution is -0.227. The fourth-order valence-electron chi connectivity index (χ4n) is 4.10. The van der Waals surface area contributed by atoms with Gasteiger partial charge in [0.2, 0.25) is 0 Å². The minimum atomic E-state index is -4.82. The lowest BCUT2D eigenvalue weighted by Crippen LogP contribution is -2.59. The molecule has 2 N–H and O–H groups in total. The van der Waals surface area contributed by atoms with Gasteiger partial charge in [0.1, 0.15) is 17.1 Å². The van der Waals surface area contributed by atoms with Crippen LogP contribution in [0.4, 0.5) is 17.6 Å². The Balaban J connectivity index is 2.10. The summed E-state index contributed by atoms with van der Waals surface area (Å²) in [5, 5.41) is 10.4. The monoisotopic (exact) mass is 436 g/mol. The third kappa shape index (κ3) is 4.50. The van der Waals surface area contributed by atoms with Crippen molar-refractivity contribution in [2.45, 2.75) is 43.8 Å². The van der Waals surface area contributed by atoms with E-state index in [2.05, 4.69) is 4.98 Å². The second-order valence-electron chi connectivity index (χ2n) is 8.26. The van der Waals surface area contributed by atoms with Crippen molar-refractivity contribution in [1.29, 1.82) is 0 Å². The first-order valence-electron chi connectivity index (χ1n) is 9.68. The van der Waals surface area contributed by atoms with Crippen molar-refractivity contribution in [2.24, 2.45) is 0 Å². The molecule has 0 aliphatic rings. The van der Waals surface area contributed by atoms with Gasteiger partial charge in [0, 0.05) is 23.6 Å². The van der Waals surface area contributed by atoms with E-state index in [9.17, 15) is 22.8 Å². The molecule has 0 aliphatic heterocycles. The normalized spacial score (nSPS) is 14.5. The second-order valence-corrected chi connectivity index (χ2v) is 8.26. The lowest BCUT2D eigenvalue weighted by atomic mass is 9.71. The summed E-state index contributed by atoms with van der Waals surface area (Å²) in [6, 6.07) is 12.1. The van der Waals surface area contributed by atoms with E-state index in [1.54, 1.807) is 43.6 Å². The van der Waals surface area contributed by atoms with Crippen molar-refractivity contribution in [2.75, 3.05) is 7.11 Å². The highest BCUT2D eigenvalue weighted by atomic mass is 19.4. The van der Waals surface area contributed by atoms with Gasteiger partial charge in [-0.05, 0) is 47.7 Å². The van der Waals surface area contributed by atoms with Crippen LogP contribution in [-0.4, -0.2) is 29.0 Å². The predicted molar refractivity (Wildman–Crippen MR) is 110 cm³/mol. The fourth-order valence-corrected chi connectivity index (χ4v) is 4.10. The zero-order valence-electron chi connectivity index (χ0n) is 17.4. The van der Waals surface area contributed by atoms with Crippen LogP contribution in [0.5, 0.6) is 5.75 Å². The van der Waals surface area contributed by atoms with Gasteiger partial charge in [-0.25, -0.2) is 4.39 Å². The van der Waals surface area contributed by atoms with Crippen LogP contribution in [0.15, 0.2) is 54.7 Å². The van der Waals surface area contributed by atoms with E-state index >= 15 is 0 Å². The molecule has 166 valence electrons. The summed E-state index contributed by atoms with van der Waals surface area (Å²) >= 11 is 0. The quantitative estimate of drug-likeness (QED) is 0.375. The Bertz CT molecular complexity index is 1060. The Labute approximate surface area is 177 Å². The highest BCUT2D eigenvalue weighted by Crippen LogP contribution is 2.45. The average molecular weight is 436 g/mol. The Morgan fingerprint density at radius 3 is 2.42 bits per heavy atom. The van der Waals surface area contributed by atoms with Crippen LogP contribution in [0.3, 0.4) is 0 Å². The molecule has 3 aromatic rings. The standard InChI is InChI=1S/C23H24F4N2O2/c1-21(2,18-12-16(24)8-9-20(18)31-3)14-22(29-30,23(25,26)27)13-15-10-11-28-19-7-5-4-6-17(15)19/h4-12,29-30H,13-14H2,1-3H3. The molecule has 2 aromatic carbocycles. The Kier molecular flexibility index (Phi) is 6.25. The maximum Gasteiger partial charge on any atom is 0.409 e. The van der Waals surface area contributed by atoms with E-state index in [0.717, 1.165) is 0 Å². The first-order chi connectivity index (χ1) is 14.5. The number of hydrogen-bond donors (Lipinski definition) is 2. The molecule has 0 fully saturated rings. The molecule has 3 rings (SSSR count). The van der Waals surface area contributed by atoms with E-state index in [1.807, 2.05) is 0 Å². The molecule has 1 unspecified atom stereocenters. The van der Waals surface area contributed by atoms with Crippen molar-refractivity contribution in [3.05, 3.63) is 71.7 Å². The molecule has 0 saturated heterocycles. The number of pyridine rings is 1. The van der Waals surface area contributed by atoms with Gasteiger partial charge in [0.25, 0.3) is 0 Å². The van der Waals surface area contributed by atoms with Crippen LogP contribution in [0.2, 0.25) is 0 Å². The number of halogens is 4. The largest absolute Gasteiger partial charge is 0.496 e. The van der Waals surface area contributed by atoms with Gasteiger partial charge in [0.15, 0.2) is 0 Å². The highest BCUT2D eigenvalue weighted by Gasteiger charge is 2.57. The number of hydroxylamine groups is 1. The highest BCUT2D eigenvalue weighted by molar-refractivity contribution is 5.82. The van der Waals surface area contributed by atoms with Gasteiger partial charge in [-0.1, -0.05) is 32.0 Å². The van der Waals surface area contributed by atoms with Crippen LogP contribution in [0.1, 0.15) is 31.4 Å². The number of ether oxygens (including phenoxy) is 1. The number of benzene rings is 2. The topological polar surface area (TPSA) is 54.4 Å². The molecule has 31 heavy (non-hydrogen) atoms. The third-order valence-corrected chi connectivity index (χ3v) is 5.62. The molecule has 1 aromatic heterocycles. The number of rotatable bonds is 7. The fraction of sp³-hybridized carbons (Fsp3) is 0.348. The first kappa shape index (κ1) is 23.0. The van der Waals surface area contributed by atoms with E-state index in [0.29, 0.717) is 16.5 Å².